The highest BCUT2D eigenvalue weighted by atomic mass is 14.8. The fourth-order valence-electron chi connectivity index (χ4n) is 3.22. The lowest BCUT2D eigenvalue weighted by Gasteiger charge is -2.28. The summed E-state index contributed by atoms with van der Waals surface area (Å²) >= 11 is 0. The van der Waals surface area contributed by atoms with E-state index >= 15 is 0 Å². The molecular formula is C20H35N. The van der Waals surface area contributed by atoms with Crippen molar-refractivity contribution in [2.75, 3.05) is 0 Å². The molecular weight excluding hydrogens is 254 g/mol. The Bertz CT molecular complexity index is 343. The van der Waals surface area contributed by atoms with Crippen molar-refractivity contribution in [3.05, 3.63) is 24.3 Å². The van der Waals surface area contributed by atoms with E-state index in [0.29, 0.717) is 6.04 Å². The predicted molar refractivity (Wildman–Crippen MR) is 96.1 cm³/mol. The van der Waals surface area contributed by atoms with Crippen molar-refractivity contribution in [3.8, 4) is 0 Å². The molecule has 0 aromatic rings. The monoisotopic (exact) mass is 289 g/mol. The quantitative estimate of drug-likeness (QED) is 0.522. The van der Waals surface area contributed by atoms with Gasteiger partial charge in [0, 0.05) is 11.6 Å². The van der Waals surface area contributed by atoms with Crippen LogP contribution < -0.4 is 0 Å². The Labute approximate surface area is 132 Å². The van der Waals surface area contributed by atoms with Gasteiger partial charge in [-0.05, 0) is 44.4 Å². The molecule has 1 unspecified atom stereocenters. The summed E-state index contributed by atoms with van der Waals surface area (Å²) in [6.45, 7) is 9.22. The Balaban J connectivity index is 2.99. The van der Waals surface area contributed by atoms with Crippen LogP contribution in [0, 0.1) is 11.3 Å². The van der Waals surface area contributed by atoms with Crippen LogP contribution in [0.25, 0.3) is 0 Å². The van der Waals surface area contributed by atoms with Crippen LogP contribution in [-0.2, 0) is 0 Å². The number of hydrogen-bond acceptors (Lipinski definition) is 1. The molecule has 0 amide bonds. The molecule has 0 spiro atoms. The Morgan fingerprint density at radius 2 is 1.57 bits per heavy atom. The Morgan fingerprint density at radius 3 is 2.14 bits per heavy atom. The zero-order valence-electron chi connectivity index (χ0n) is 14.6. The molecule has 1 heterocycles. The molecule has 1 aliphatic heterocycles. The summed E-state index contributed by atoms with van der Waals surface area (Å²) in [7, 11) is 0. The van der Waals surface area contributed by atoms with E-state index < -0.39 is 0 Å². The van der Waals surface area contributed by atoms with Gasteiger partial charge >= 0.3 is 0 Å². The second-order valence-electron chi connectivity index (χ2n) is 6.45. The van der Waals surface area contributed by atoms with E-state index in [1.54, 1.807) is 0 Å². The van der Waals surface area contributed by atoms with E-state index in [1.807, 2.05) is 0 Å². The molecule has 0 bridgehead atoms. The first-order valence-corrected chi connectivity index (χ1v) is 9.05. The van der Waals surface area contributed by atoms with Crippen molar-refractivity contribution in [1.82, 2.24) is 0 Å². The highest BCUT2D eigenvalue weighted by Crippen LogP contribution is 2.30. The van der Waals surface area contributed by atoms with Crippen LogP contribution in [-0.4, -0.2) is 12.3 Å². The Kier molecular flexibility index (Phi) is 8.64. The van der Waals surface area contributed by atoms with Gasteiger partial charge in [-0.15, -0.1) is 0 Å². The third kappa shape index (κ3) is 5.80. The van der Waals surface area contributed by atoms with Gasteiger partial charge in [-0.2, -0.15) is 0 Å². The third-order valence-electron chi connectivity index (χ3n) is 5.28. The maximum absolute atomic E-state index is 5.08. The second kappa shape index (κ2) is 9.97. The van der Waals surface area contributed by atoms with Crippen molar-refractivity contribution in [3.63, 3.8) is 0 Å². The summed E-state index contributed by atoms with van der Waals surface area (Å²) in [5, 5.41) is 0. The summed E-state index contributed by atoms with van der Waals surface area (Å²) in [6, 6.07) is 0.470. The molecule has 1 atom stereocenters. The number of rotatable bonds is 5. The van der Waals surface area contributed by atoms with Crippen LogP contribution in [0.5, 0.6) is 0 Å². The molecule has 0 saturated heterocycles. The fraction of sp³-hybridized carbons (Fsp3) is 0.750. The lowest BCUT2D eigenvalue weighted by molar-refractivity contribution is 0.378. The first kappa shape index (κ1) is 18.2. The van der Waals surface area contributed by atoms with E-state index in [0.717, 1.165) is 18.8 Å². The number of nitrogens with zero attached hydrogens (tertiary/aromatic N) is 1. The topological polar surface area (TPSA) is 12.4 Å². The minimum atomic E-state index is 0.268. The first-order valence-electron chi connectivity index (χ1n) is 9.05. The minimum Gasteiger partial charge on any atom is -0.293 e. The highest BCUT2D eigenvalue weighted by Gasteiger charge is 2.24. The van der Waals surface area contributed by atoms with Crippen molar-refractivity contribution in [2.45, 2.75) is 85.1 Å². The van der Waals surface area contributed by atoms with Gasteiger partial charge in [-0.3, -0.25) is 4.99 Å². The third-order valence-corrected chi connectivity index (χ3v) is 5.28. The maximum atomic E-state index is 5.08. The average Bonchev–Trinajstić information content (AvgIpc) is 2.51. The number of allylic oxidation sites excluding steroid dienone is 3. The fourth-order valence-corrected chi connectivity index (χ4v) is 3.22. The molecule has 0 aliphatic carbocycles. The zero-order valence-corrected chi connectivity index (χ0v) is 14.6. The summed E-state index contributed by atoms with van der Waals surface area (Å²) in [5.41, 5.74) is 0.268. The van der Waals surface area contributed by atoms with Gasteiger partial charge in [-0.25, -0.2) is 0 Å². The smallest absolute Gasteiger partial charge is 0.0558 e. The number of aliphatic imine (C=N–C) groups is 1. The summed E-state index contributed by atoms with van der Waals surface area (Å²) in [5.74, 6) is 0.718. The molecule has 1 aliphatic rings. The van der Waals surface area contributed by atoms with Crippen LogP contribution >= 0.6 is 0 Å². The Morgan fingerprint density at radius 1 is 0.952 bits per heavy atom. The van der Waals surface area contributed by atoms with Crippen LogP contribution in [0.2, 0.25) is 0 Å². The molecule has 0 radical (unpaired) electrons. The first-order chi connectivity index (χ1) is 10.2. The van der Waals surface area contributed by atoms with Crippen molar-refractivity contribution in [1.29, 1.82) is 0 Å². The maximum Gasteiger partial charge on any atom is 0.0558 e. The van der Waals surface area contributed by atoms with Crippen LogP contribution in [0.1, 0.15) is 79.1 Å². The van der Waals surface area contributed by atoms with Gasteiger partial charge < -0.3 is 0 Å². The lowest BCUT2D eigenvalue weighted by atomic mass is 9.80. The van der Waals surface area contributed by atoms with Gasteiger partial charge in [0.05, 0.1) is 6.04 Å². The molecule has 120 valence electrons. The number of hydrogen-bond donors (Lipinski definition) is 0. The van der Waals surface area contributed by atoms with Crippen LogP contribution in [0.15, 0.2) is 29.3 Å². The zero-order chi connectivity index (χ0) is 15.6. The molecule has 0 N–H and O–H groups in total. The molecule has 0 fully saturated rings. The highest BCUT2D eigenvalue weighted by molar-refractivity contribution is 5.66. The normalized spacial score (nSPS) is 23.0. The average molecular weight is 290 g/mol. The molecule has 0 aromatic heterocycles. The van der Waals surface area contributed by atoms with Crippen LogP contribution in [0.4, 0.5) is 0 Å². The van der Waals surface area contributed by atoms with Gasteiger partial charge in [0.1, 0.15) is 0 Å². The van der Waals surface area contributed by atoms with E-state index in [4.69, 9.17) is 4.99 Å². The Hall–Kier alpha value is -0.850. The van der Waals surface area contributed by atoms with Crippen LogP contribution in [0.3, 0.4) is 0 Å². The largest absolute Gasteiger partial charge is 0.293 e. The molecule has 1 nitrogen and oxygen atoms in total. The van der Waals surface area contributed by atoms with Crippen molar-refractivity contribution in [2.24, 2.45) is 16.3 Å². The standard InChI is InChI=1S/C20H35N/c1-5-18(6-2)19-15-13-11-9-10-12-14-16-20(7-3,8-4)17-21-19/h11-14,17-19H,5-10,15-16H2,1-4H3. The van der Waals surface area contributed by atoms with Gasteiger partial charge in [0.25, 0.3) is 0 Å². The van der Waals surface area contributed by atoms with Crippen molar-refractivity contribution >= 4 is 6.21 Å². The molecule has 21 heavy (non-hydrogen) atoms. The molecule has 0 aromatic carbocycles. The predicted octanol–water partition coefficient (Wildman–Crippen LogP) is 6.35. The molecule has 1 heteroatoms. The summed E-state index contributed by atoms with van der Waals surface area (Å²) in [6.07, 6.45) is 21.2. The van der Waals surface area contributed by atoms with Gasteiger partial charge in [0.15, 0.2) is 0 Å². The molecule has 1 rings (SSSR count). The summed E-state index contributed by atoms with van der Waals surface area (Å²) in [4.78, 5) is 5.08. The SMILES string of the molecule is CCC(CC)C1CC=CCCC=CCC(CC)(CC)C=N1. The van der Waals surface area contributed by atoms with E-state index in [-0.39, 0.29) is 5.41 Å². The van der Waals surface area contributed by atoms with E-state index in [9.17, 15) is 0 Å². The summed E-state index contributed by atoms with van der Waals surface area (Å²) < 4.78 is 0. The lowest BCUT2D eigenvalue weighted by Crippen LogP contribution is -2.24. The second-order valence-corrected chi connectivity index (χ2v) is 6.45. The van der Waals surface area contributed by atoms with E-state index in [2.05, 4.69) is 58.2 Å². The molecule has 0 saturated carbocycles. The minimum absolute atomic E-state index is 0.268. The van der Waals surface area contributed by atoms with Gasteiger partial charge in [0.2, 0.25) is 0 Å². The van der Waals surface area contributed by atoms with Crippen molar-refractivity contribution < 1.29 is 0 Å². The van der Waals surface area contributed by atoms with E-state index in [1.165, 1.54) is 38.5 Å². The van der Waals surface area contributed by atoms with Gasteiger partial charge in [-0.1, -0.05) is 64.8 Å².